The van der Waals surface area contributed by atoms with Crippen molar-refractivity contribution < 1.29 is 0 Å². The van der Waals surface area contributed by atoms with Gasteiger partial charge in [-0.2, -0.15) is 0 Å². The summed E-state index contributed by atoms with van der Waals surface area (Å²) in [6.07, 6.45) is 0. The van der Waals surface area contributed by atoms with Crippen molar-refractivity contribution >= 4 is 11.6 Å². The molecular weight excluding hydrogens is 196 g/mol. The van der Waals surface area contributed by atoms with E-state index in [9.17, 15) is 0 Å². The van der Waals surface area contributed by atoms with Gasteiger partial charge in [0.25, 0.3) is 0 Å². The number of hydrogen-bond acceptors (Lipinski definition) is 2. The maximum Gasteiger partial charge on any atom is 0.0473 e. The molecule has 1 N–H and O–H groups in total. The summed E-state index contributed by atoms with van der Waals surface area (Å²) in [5, 5.41) is 4.15. The fraction of sp³-hybridized carbons (Fsp3) is 0.364. The molecule has 1 aliphatic rings. The van der Waals surface area contributed by atoms with Gasteiger partial charge in [0.1, 0.15) is 0 Å². The van der Waals surface area contributed by atoms with Crippen molar-refractivity contribution in [3.05, 3.63) is 41.9 Å². The summed E-state index contributed by atoms with van der Waals surface area (Å²) in [6, 6.07) is 8.37. The molecule has 1 unspecified atom stereocenters. The lowest BCUT2D eigenvalue weighted by Gasteiger charge is -2.33. The molecule has 1 atom stereocenters. The van der Waals surface area contributed by atoms with Gasteiger partial charge in [-0.25, -0.2) is 0 Å². The summed E-state index contributed by atoms with van der Waals surface area (Å²) in [5.41, 5.74) is 1.27. The van der Waals surface area contributed by atoms with E-state index in [0.717, 1.165) is 24.7 Å². The normalized spacial score (nSPS) is 23.7. The van der Waals surface area contributed by atoms with Crippen LogP contribution in [0.4, 0.5) is 0 Å². The van der Waals surface area contributed by atoms with E-state index in [-0.39, 0.29) is 0 Å². The first-order valence-electron chi connectivity index (χ1n) is 4.81. The molecule has 1 fully saturated rings. The van der Waals surface area contributed by atoms with Crippen molar-refractivity contribution in [1.82, 2.24) is 10.2 Å². The van der Waals surface area contributed by atoms with Gasteiger partial charge in [0.2, 0.25) is 0 Å². The Labute approximate surface area is 89.9 Å². The Morgan fingerprint density at radius 3 is 2.71 bits per heavy atom. The molecule has 1 aliphatic heterocycles. The Hall–Kier alpha value is -0.570. The first kappa shape index (κ1) is 9.97. The van der Waals surface area contributed by atoms with Gasteiger partial charge >= 0.3 is 0 Å². The molecule has 0 aliphatic carbocycles. The second-order valence-corrected chi connectivity index (χ2v) is 4.02. The third-order valence-corrected chi connectivity index (χ3v) is 2.86. The highest BCUT2D eigenvalue weighted by atomic mass is 35.5. The zero-order valence-electron chi connectivity index (χ0n) is 8.04. The number of nitrogens with zero attached hydrogens (tertiary/aromatic N) is 1. The zero-order valence-corrected chi connectivity index (χ0v) is 8.80. The van der Waals surface area contributed by atoms with Gasteiger partial charge in [-0.15, -0.1) is 0 Å². The summed E-state index contributed by atoms with van der Waals surface area (Å²) < 4.78 is 0. The minimum Gasteiger partial charge on any atom is -0.314 e. The Morgan fingerprint density at radius 2 is 2.07 bits per heavy atom. The number of halogens is 1. The molecule has 1 heterocycles. The summed E-state index contributed by atoms with van der Waals surface area (Å²) in [6.45, 7) is 2.98. The Kier molecular flexibility index (Phi) is 3.06. The van der Waals surface area contributed by atoms with Gasteiger partial charge in [-0.3, -0.25) is 4.90 Å². The third kappa shape index (κ3) is 2.08. The zero-order chi connectivity index (χ0) is 9.97. The van der Waals surface area contributed by atoms with Crippen LogP contribution in [0, 0.1) is 7.05 Å². The van der Waals surface area contributed by atoms with E-state index in [1.807, 2.05) is 12.1 Å². The molecule has 1 aromatic carbocycles. The van der Waals surface area contributed by atoms with Gasteiger partial charge < -0.3 is 5.32 Å². The van der Waals surface area contributed by atoms with Crippen LogP contribution in [0.15, 0.2) is 24.3 Å². The first-order chi connectivity index (χ1) is 6.77. The van der Waals surface area contributed by atoms with E-state index in [1.165, 1.54) is 5.56 Å². The second kappa shape index (κ2) is 4.30. The molecule has 0 aromatic heterocycles. The van der Waals surface area contributed by atoms with Gasteiger partial charge in [-0.05, 0) is 17.7 Å². The smallest absolute Gasteiger partial charge is 0.0473 e. The molecule has 2 nitrogen and oxygen atoms in total. The highest BCUT2D eigenvalue weighted by Crippen LogP contribution is 2.22. The Bertz CT molecular complexity index is 297. The first-order valence-corrected chi connectivity index (χ1v) is 5.18. The highest BCUT2D eigenvalue weighted by Gasteiger charge is 2.19. The molecule has 0 bridgehead atoms. The van der Waals surface area contributed by atoms with Crippen LogP contribution in [-0.2, 0) is 0 Å². The fourth-order valence-electron chi connectivity index (χ4n) is 1.76. The summed E-state index contributed by atoms with van der Waals surface area (Å²) in [7, 11) is 4.04. The van der Waals surface area contributed by atoms with Crippen LogP contribution in [-0.4, -0.2) is 24.5 Å². The average molecular weight is 210 g/mol. The molecule has 0 spiro atoms. The van der Waals surface area contributed by atoms with Gasteiger partial charge in [0, 0.05) is 37.7 Å². The van der Waals surface area contributed by atoms with Crippen molar-refractivity contribution in [1.29, 1.82) is 0 Å². The molecule has 2 rings (SSSR count). The van der Waals surface area contributed by atoms with Crippen molar-refractivity contribution in [2.24, 2.45) is 0 Å². The molecule has 0 amide bonds. The number of nitrogens with one attached hydrogen (secondary N) is 1. The standard InChI is InChI=1S/C11H14ClN2/c1-14-7-6-13-8-11(14)9-2-4-10(12)5-3-9/h2-5,11,13H,1,6-8H2. The number of hydrogen-bond donors (Lipinski definition) is 1. The van der Waals surface area contributed by atoms with Crippen molar-refractivity contribution in [2.75, 3.05) is 19.6 Å². The quantitative estimate of drug-likeness (QED) is 0.762. The molecular formula is C11H14ClN2. The predicted molar refractivity (Wildman–Crippen MR) is 59.1 cm³/mol. The van der Waals surface area contributed by atoms with Crippen LogP contribution in [0.2, 0.25) is 5.02 Å². The lowest BCUT2D eigenvalue weighted by atomic mass is 10.0. The number of rotatable bonds is 1. The monoisotopic (exact) mass is 209 g/mol. The molecule has 1 saturated heterocycles. The Morgan fingerprint density at radius 1 is 1.36 bits per heavy atom. The van der Waals surface area contributed by atoms with Crippen molar-refractivity contribution in [3.63, 3.8) is 0 Å². The van der Waals surface area contributed by atoms with Gasteiger partial charge in [-0.1, -0.05) is 23.7 Å². The van der Waals surface area contributed by atoms with E-state index >= 15 is 0 Å². The van der Waals surface area contributed by atoms with E-state index in [2.05, 4.69) is 29.4 Å². The molecule has 75 valence electrons. The number of piperazine rings is 1. The summed E-state index contributed by atoms with van der Waals surface area (Å²) in [4.78, 5) is 2.12. The highest BCUT2D eigenvalue weighted by molar-refractivity contribution is 6.30. The Balaban J connectivity index is 2.16. The van der Waals surface area contributed by atoms with E-state index < -0.39 is 0 Å². The third-order valence-electron chi connectivity index (χ3n) is 2.61. The minimum atomic E-state index is 0.376. The van der Waals surface area contributed by atoms with Gasteiger partial charge in [0.05, 0.1) is 0 Å². The number of benzene rings is 1. The maximum atomic E-state index is 5.84. The predicted octanol–water partition coefficient (Wildman–Crippen LogP) is 2.08. The van der Waals surface area contributed by atoms with Crippen LogP contribution < -0.4 is 5.32 Å². The van der Waals surface area contributed by atoms with E-state index in [1.54, 1.807) is 0 Å². The van der Waals surface area contributed by atoms with Crippen LogP contribution in [0.3, 0.4) is 0 Å². The SMILES string of the molecule is [CH2]N1CCNCC1c1ccc(Cl)cc1. The molecule has 1 aromatic rings. The van der Waals surface area contributed by atoms with Crippen LogP contribution >= 0.6 is 11.6 Å². The summed E-state index contributed by atoms with van der Waals surface area (Å²) in [5.74, 6) is 0. The van der Waals surface area contributed by atoms with Crippen LogP contribution in [0.5, 0.6) is 0 Å². The molecule has 3 heteroatoms. The van der Waals surface area contributed by atoms with Gasteiger partial charge in [0.15, 0.2) is 0 Å². The topological polar surface area (TPSA) is 15.3 Å². The van der Waals surface area contributed by atoms with E-state index in [4.69, 9.17) is 11.6 Å². The fourth-order valence-corrected chi connectivity index (χ4v) is 1.89. The van der Waals surface area contributed by atoms with Crippen molar-refractivity contribution in [3.8, 4) is 0 Å². The largest absolute Gasteiger partial charge is 0.314 e. The molecule has 1 radical (unpaired) electrons. The van der Waals surface area contributed by atoms with Crippen LogP contribution in [0.1, 0.15) is 11.6 Å². The van der Waals surface area contributed by atoms with Crippen LogP contribution in [0.25, 0.3) is 0 Å². The second-order valence-electron chi connectivity index (χ2n) is 3.58. The minimum absolute atomic E-state index is 0.376. The maximum absolute atomic E-state index is 5.84. The molecule has 0 saturated carbocycles. The van der Waals surface area contributed by atoms with E-state index in [0.29, 0.717) is 6.04 Å². The lowest BCUT2D eigenvalue weighted by molar-refractivity contribution is 0.227. The van der Waals surface area contributed by atoms with Crippen molar-refractivity contribution in [2.45, 2.75) is 6.04 Å². The average Bonchev–Trinajstić information content (AvgIpc) is 2.20. The molecule has 14 heavy (non-hydrogen) atoms. The lowest BCUT2D eigenvalue weighted by Crippen LogP contribution is -2.42. The summed E-state index contributed by atoms with van der Waals surface area (Å²) >= 11 is 5.84.